The van der Waals surface area contributed by atoms with Crippen molar-refractivity contribution in [1.82, 2.24) is 0 Å². The van der Waals surface area contributed by atoms with Crippen LogP contribution in [-0.2, 0) is 26.6 Å². The highest BCUT2D eigenvalue weighted by molar-refractivity contribution is 6.13. The van der Waals surface area contributed by atoms with Gasteiger partial charge in [0, 0.05) is 22.3 Å². The van der Waals surface area contributed by atoms with Gasteiger partial charge in [-0.2, -0.15) is 4.89 Å². The molecule has 1 atom stereocenters. The van der Waals surface area contributed by atoms with E-state index < -0.39 is 18.0 Å². The lowest BCUT2D eigenvalue weighted by Gasteiger charge is -2.36. The molecule has 0 heterocycles. The lowest BCUT2D eigenvalue weighted by molar-refractivity contribution is -0.383. The predicted molar refractivity (Wildman–Crippen MR) is 92.9 cm³/mol. The van der Waals surface area contributed by atoms with Crippen molar-refractivity contribution >= 4 is 11.9 Å². The molecule has 0 saturated carbocycles. The SMILES string of the molecule is CCc1ccc2c(c1)C(=O)c1ccccc1C2(OO)OC(=O)OC(C)C. The van der Waals surface area contributed by atoms with Gasteiger partial charge in [-0.25, -0.2) is 10.1 Å². The molecule has 0 amide bonds. The zero-order valence-corrected chi connectivity index (χ0v) is 14.8. The van der Waals surface area contributed by atoms with E-state index in [4.69, 9.17) is 14.4 Å². The van der Waals surface area contributed by atoms with Gasteiger partial charge in [0.05, 0.1) is 6.10 Å². The highest BCUT2D eigenvalue weighted by Gasteiger charge is 2.49. The lowest BCUT2D eigenvalue weighted by Crippen LogP contribution is -2.42. The molecule has 6 nitrogen and oxygen atoms in total. The number of fused-ring (bicyclic) bond motifs is 2. The Morgan fingerprint density at radius 1 is 1.12 bits per heavy atom. The number of hydrogen-bond acceptors (Lipinski definition) is 6. The highest BCUT2D eigenvalue weighted by Crippen LogP contribution is 2.43. The van der Waals surface area contributed by atoms with E-state index in [-0.39, 0.29) is 16.9 Å². The topological polar surface area (TPSA) is 82.1 Å². The van der Waals surface area contributed by atoms with Crippen LogP contribution in [0.4, 0.5) is 4.79 Å². The first-order chi connectivity index (χ1) is 12.4. The third-order valence-electron chi connectivity index (χ3n) is 4.31. The van der Waals surface area contributed by atoms with Crippen molar-refractivity contribution in [1.29, 1.82) is 0 Å². The summed E-state index contributed by atoms with van der Waals surface area (Å²) >= 11 is 0. The van der Waals surface area contributed by atoms with Gasteiger partial charge in [-0.15, -0.1) is 0 Å². The number of carbonyl (C=O) groups is 2. The van der Waals surface area contributed by atoms with Crippen molar-refractivity contribution in [3.8, 4) is 0 Å². The van der Waals surface area contributed by atoms with E-state index in [0.717, 1.165) is 12.0 Å². The van der Waals surface area contributed by atoms with Gasteiger partial charge in [-0.05, 0) is 31.9 Å². The Balaban J connectivity index is 2.22. The molecule has 0 spiro atoms. The largest absolute Gasteiger partial charge is 0.511 e. The second-order valence-corrected chi connectivity index (χ2v) is 6.33. The molecule has 1 N–H and O–H groups in total. The van der Waals surface area contributed by atoms with E-state index in [1.165, 1.54) is 0 Å². The molecular weight excluding hydrogens is 336 g/mol. The van der Waals surface area contributed by atoms with Crippen molar-refractivity contribution in [3.05, 3.63) is 70.3 Å². The maximum atomic E-state index is 12.9. The van der Waals surface area contributed by atoms with Crippen LogP contribution < -0.4 is 0 Å². The Kier molecular flexibility index (Phi) is 4.80. The fourth-order valence-corrected chi connectivity index (χ4v) is 3.11. The minimum atomic E-state index is -1.97. The van der Waals surface area contributed by atoms with E-state index in [9.17, 15) is 14.8 Å². The van der Waals surface area contributed by atoms with Crippen LogP contribution in [0.15, 0.2) is 42.5 Å². The average molecular weight is 356 g/mol. The monoisotopic (exact) mass is 356 g/mol. The number of hydrogen-bond donors (Lipinski definition) is 1. The van der Waals surface area contributed by atoms with Crippen molar-refractivity contribution in [2.45, 2.75) is 39.1 Å². The first kappa shape index (κ1) is 18.1. The van der Waals surface area contributed by atoms with Gasteiger partial charge in [-0.3, -0.25) is 4.79 Å². The van der Waals surface area contributed by atoms with Gasteiger partial charge in [0.25, 0.3) is 0 Å². The van der Waals surface area contributed by atoms with Crippen molar-refractivity contribution in [2.24, 2.45) is 0 Å². The Morgan fingerprint density at radius 3 is 2.46 bits per heavy atom. The van der Waals surface area contributed by atoms with Gasteiger partial charge in [0.1, 0.15) is 0 Å². The van der Waals surface area contributed by atoms with Crippen LogP contribution in [-0.4, -0.2) is 23.3 Å². The van der Waals surface area contributed by atoms with E-state index in [2.05, 4.69) is 0 Å². The third-order valence-corrected chi connectivity index (χ3v) is 4.31. The van der Waals surface area contributed by atoms with Gasteiger partial charge in [0.15, 0.2) is 5.78 Å². The van der Waals surface area contributed by atoms with E-state index in [1.807, 2.05) is 6.92 Å². The second kappa shape index (κ2) is 6.90. The summed E-state index contributed by atoms with van der Waals surface area (Å²) < 4.78 is 10.5. The zero-order chi connectivity index (χ0) is 18.9. The predicted octanol–water partition coefficient (Wildman–Crippen LogP) is 4.05. The van der Waals surface area contributed by atoms with Crippen LogP contribution in [0.25, 0.3) is 0 Å². The summed E-state index contributed by atoms with van der Waals surface area (Å²) in [7, 11) is 0. The summed E-state index contributed by atoms with van der Waals surface area (Å²) in [5.74, 6) is -2.20. The van der Waals surface area contributed by atoms with E-state index in [1.54, 1.807) is 56.3 Å². The normalized spacial score (nSPS) is 18.3. The summed E-state index contributed by atoms with van der Waals surface area (Å²) in [6, 6.07) is 11.7. The Labute approximate surface area is 151 Å². The summed E-state index contributed by atoms with van der Waals surface area (Å²) in [6.07, 6.45) is -0.699. The average Bonchev–Trinajstić information content (AvgIpc) is 2.64. The third kappa shape index (κ3) is 2.87. The molecule has 1 aliphatic carbocycles. The number of ketones is 1. The smallest absolute Gasteiger partial charge is 0.431 e. The molecule has 0 aromatic heterocycles. The summed E-state index contributed by atoms with van der Waals surface area (Å²) in [5, 5.41) is 9.79. The summed E-state index contributed by atoms with van der Waals surface area (Å²) in [6.45, 7) is 5.32. The number of aryl methyl sites for hydroxylation is 1. The van der Waals surface area contributed by atoms with Crippen molar-refractivity contribution in [3.63, 3.8) is 0 Å². The summed E-state index contributed by atoms with van der Waals surface area (Å²) in [4.78, 5) is 29.9. The van der Waals surface area contributed by atoms with Crippen LogP contribution in [0.2, 0.25) is 0 Å². The van der Waals surface area contributed by atoms with Gasteiger partial charge >= 0.3 is 11.9 Å². The zero-order valence-electron chi connectivity index (χ0n) is 14.8. The number of benzene rings is 2. The standard InChI is InChI=1S/C20H20O6/c1-4-13-9-10-17-15(11-13)18(21)14-7-5-6-8-16(14)20(17,26-23)25-19(22)24-12(2)3/h5-12,23H,4H2,1-3H3. The second-order valence-electron chi connectivity index (χ2n) is 6.33. The Hall–Kier alpha value is -2.70. The molecule has 1 unspecified atom stereocenters. The van der Waals surface area contributed by atoms with Gasteiger partial charge in [0.2, 0.25) is 0 Å². The van der Waals surface area contributed by atoms with Crippen LogP contribution in [0.5, 0.6) is 0 Å². The fraction of sp³-hybridized carbons (Fsp3) is 0.300. The van der Waals surface area contributed by atoms with Gasteiger partial charge < -0.3 is 9.47 Å². The fourth-order valence-electron chi connectivity index (χ4n) is 3.11. The molecule has 0 saturated heterocycles. The molecule has 2 aromatic rings. The molecule has 136 valence electrons. The molecule has 0 fully saturated rings. The van der Waals surface area contributed by atoms with Crippen LogP contribution in [0, 0.1) is 0 Å². The van der Waals surface area contributed by atoms with Crippen LogP contribution >= 0.6 is 0 Å². The first-order valence-electron chi connectivity index (χ1n) is 8.42. The molecule has 2 aromatic carbocycles. The molecule has 0 bridgehead atoms. The highest BCUT2D eigenvalue weighted by atomic mass is 17.2. The quantitative estimate of drug-likeness (QED) is 0.385. The Bertz CT molecular complexity index is 857. The van der Waals surface area contributed by atoms with Gasteiger partial charge in [-0.1, -0.05) is 43.3 Å². The van der Waals surface area contributed by atoms with Crippen molar-refractivity contribution < 1.29 is 29.2 Å². The molecule has 3 rings (SSSR count). The van der Waals surface area contributed by atoms with Crippen LogP contribution in [0.1, 0.15) is 53.4 Å². The summed E-state index contributed by atoms with van der Waals surface area (Å²) in [5.41, 5.74) is 2.04. The molecule has 6 heteroatoms. The minimum absolute atomic E-state index is 0.223. The van der Waals surface area contributed by atoms with Crippen LogP contribution in [0.3, 0.4) is 0 Å². The Morgan fingerprint density at radius 2 is 1.81 bits per heavy atom. The molecule has 26 heavy (non-hydrogen) atoms. The molecule has 0 radical (unpaired) electrons. The lowest BCUT2D eigenvalue weighted by atomic mass is 9.79. The number of rotatable bonds is 4. The maximum absolute atomic E-state index is 12.9. The van der Waals surface area contributed by atoms with E-state index in [0.29, 0.717) is 11.1 Å². The molecule has 1 aliphatic rings. The first-order valence-corrected chi connectivity index (χ1v) is 8.42. The number of ether oxygens (including phenoxy) is 2. The van der Waals surface area contributed by atoms with E-state index >= 15 is 0 Å². The maximum Gasteiger partial charge on any atom is 0.511 e. The minimum Gasteiger partial charge on any atom is -0.431 e. The molecule has 0 aliphatic heterocycles. The molecular formula is C20H20O6. The number of carbonyl (C=O) groups excluding carboxylic acids is 2. The van der Waals surface area contributed by atoms with Crippen molar-refractivity contribution in [2.75, 3.05) is 0 Å².